The fourth-order valence-corrected chi connectivity index (χ4v) is 7.16. The second kappa shape index (κ2) is 42.6. The largest absolute Gasteiger partial charge is 0.462 e. The van der Waals surface area contributed by atoms with Crippen molar-refractivity contribution in [3.63, 3.8) is 0 Å². The van der Waals surface area contributed by atoms with Crippen molar-refractivity contribution in [3.8, 4) is 0 Å². The molecule has 320 valence electrons. The second-order valence-corrected chi connectivity index (χ2v) is 16.9. The molecule has 0 aromatic carbocycles. The number of rotatable bonds is 43. The van der Waals surface area contributed by atoms with E-state index in [1.165, 1.54) is 154 Å². The van der Waals surface area contributed by atoms with Crippen LogP contribution in [0.5, 0.6) is 0 Å². The highest BCUT2D eigenvalue weighted by Crippen LogP contribution is 2.17. The molecule has 0 saturated carbocycles. The highest BCUT2D eigenvalue weighted by Gasteiger charge is 2.19. The van der Waals surface area contributed by atoms with Gasteiger partial charge in [-0.2, -0.15) is 0 Å². The Labute approximate surface area is 336 Å². The minimum absolute atomic E-state index is 0.0643. The summed E-state index contributed by atoms with van der Waals surface area (Å²) in [5.41, 5.74) is 0. The molecule has 0 fully saturated rings. The molecule has 0 bridgehead atoms. The van der Waals surface area contributed by atoms with Gasteiger partial charge in [0.15, 0.2) is 6.10 Å². The van der Waals surface area contributed by atoms with Gasteiger partial charge in [-0.15, -0.1) is 0 Å². The van der Waals surface area contributed by atoms with Gasteiger partial charge in [-0.1, -0.05) is 227 Å². The lowest BCUT2D eigenvalue weighted by atomic mass is 10.0. The Balaban J connectivity index is 4.15. The van der Waals surface area contributed by atoms with Crippen LogP contribution in [0.15, 0.2) is 0 Å². The quantitative estimate of drug-likeness (QED) is 0.0349. The maximum Gasteiger partial charge on any atom is 0.306 e. The smallest absolute Gasteiger partial charge is 0.306 e. The van der Waals surface area contributed by atoms with Crippen molar-refractivity contribution in [2.45, 2.75) is 271 Å². The number of esters is 3. The molecule has 0 aromatic rings. The Morgan fingerprint density at radius 3 is 0.907 bits per heavy atom. The Kier molecular flexibility index (Phi) is 41.3. The lowest BCUT2D eigenvalue weighted by molar-refractivity contribution is -0.167. The fourth-order valence-electron chi connectivity index (χ4n) is 7.16. The van der Waals surface area contributed by atoms with E-state index in [0.717, 1.165) is 70.1 Å². The molecule has 0 N–H and O–H groups in total. The topological polar surface area (TPSA) is 78.9 Å². The van der Waals surface area contributed by atoms with E-state index in [9.17, 15) is 14.4 Å². The minimum atomic E-state index is -0.758. The van der Waals surface area contributed by atoms with Crippen LogP contribution in [0, 0.1) is 5.92 Å². The second-order valence-electron chi connectivity index (χ2n) is 16.9. The fraction of sp³-hybridized carbons (Fsp3) is 0.938. The Bertz CT molecular complexity index is 811. The van der Waals surface area contributed by atoms with Gasteiger partial charge in [-0.05, 0) is 25.2 Å². The molecule has 0 spiro atoms. The van der Waals surface area contributed by atoms with Crippen LogP contribution in [0.25, 0.3) is 0 Å². The molecule has 0 rings (SSSR count). The number of ether oxygens (including phenoxy) is 3. The average molecular weight is 765 g/mol. The number of hydrogen-bond acceptors (Lipinski definition) is 6. The van der Waals surface area contributed by atoms with Crippen LogP contribution in [0.4, 0.5) is 0 Å². The molecule has 0 heterocycles. The van der Waals surface area contributed by atoms with Crippen molar-refractivity contribution < 1.29 is 28.6 Å². The summed E-state index contributed by atoms with van der Waals surface area (Å²) in [5.74, 6) is -0.0242. The molecule has 0 unspecified atom stereocenters. The Morgan fingerprint density at radius 1 is 0.352 bits per heavy atom. The van der Waals surface area contributed by atoms with E-state index < -0.39 is 6.10 Å². The van der Waals surface area contributed by atoms with Crippen molar-refractivity contribution in [2.24, 2.45) is 5.92 Å². The van der Waals surface area contributed by atoms with Gasteiger partial charge in [0, 0.05) is 19.3 Å². The molecule has 6 heteroatoms. The maximum atomic E-state index is 12.7. The zero-order chi connectivity index (χ0) is 39.6. The van der Waals surface area contributed by atoms with Gasteiger partial charge in [0.2, 0.25) is 0 Å². The molecule has 0 aliphatic rings. The lowest BCUT2D eigenvalue weighted by Crippen LogP contribution is -2.30. The molecule has 0 aliphatic heterocycles. The predicted molar refractivity (Wildman–Crippen MR) is 229 cm³/mol. The van der Waals surface area contributed by atoms with Gasteiger partial charge in [-0.3, -0.25) is 14.4 Å². The van der Waals surface area contributed by atoms with Gasteiger partial charge >= 0.3 is 17.9 Å². The summed E-state index contributed by atoms with van der Waals surface area (Å²) in [6.45, 7) is 8.94. The lowest BCUT2D eigenvalue weighted by Gasteiger charge is -2.18. The van der Waals surface area contributed by atoms with E-state index in [-0.39, 0.29) is 31.1 Å². The zero-order valence-corrected chi connectivity index (χ0v) is 36.7. The molecule has 6 nitrogen and oxygen atoms in total. The van der Waals surface area contributed by atoms with Crippen LogP contribution in [-0.4, -0.2) is 37.2 Å². The molecule has 0 radical (unpaired) electrons. The molecular formula is C48H92O6. The SMILES string of the molecule is CCCCCCCCCCCCCCCCCC(=O)O[C@H](COC(=O)CCCCCCC)COC(=O)CCCCCCCCCCCCCCCC(C)C. The standard InChI is InChI=1S/C48H92O6/c1-5-7-9-11-12-13-14-15-16-19-23-26-29-33-37-41-48(51)54-45(42-52-46(49)39-35-30-10-8-6-2)43-53-47(50)40-36-32-28-25-22-20-17-18-21-24-27-31-34-38-44(3)4/h44-45H,5-43H2,1-4H3/t45-/m1/s1. The van der Waals surface area contributed by atoms with Crippen molar-refractivity contribution in [2.75, 3.05) is 13.2 Å². The van der Waals surface area contributed by atoms with E-state index in [0.29, 0.717) is 19.3 Å². The van der Waals surface area contributed by atoms with Gasteiger partial charge in [-0.25, -0.2) is 0 Å². The summed E-state index contributed by atoms with van der Waals surface area (Å²) in [7, 11) is 0. The summed E-state index contributed by atoms with van der Waals surface area (Å²) in [6.07, 6.45) is 42.6. The van der Waals surface area contributed by atoms with Gasteiger partial charge < -0.3 is 14.2 Å². The Hall–Kier alpha value is -1.59. The van der Waals surface area contributed by atoms with Crippen LogP contribution >= 0.6 is 0 Å². The first-order valence-electron chi connectivity index (χ1n) is 23.9. The highest BCUT2D eigenvalue weighted by molar-refractivity contribution is 5.71. The zero-order valence-electron chi connectivity index (χ0n) is 36.7. The van der Waals surface area contributed by atoms with E-state index >= 15 is 0 Å². The molecule has 0 saturated heterocycles. The molecule has 54 heavy (non-hydrogen) atoms. The molecular weight excluding hydrogens is 673 g/mol. The first-order valence-corrected chi connectivity index (χ1v) is 23.9. The number of carbonyl (C=O) groups is 3. The van der Waals surface area contributed by atoms with Crippen molar-refractivity contribution in [1.29, 1.82) is 0 Å². The van der Waals surface area contributed by atoms with Crippen LogP contribution in [0.1, 0.15) is 265 Å². The normalized spacial score (nSPS) is 11.9. The average Bonchev–Trinajstić information content (AvgIpc) is 3.15. The van der Waals surface area contributed by atoms with E-state index in [2.05, 4.69) is 27.7 Å². The highest BCUT2D eigenvalue weighted by atomic mass is 16.6. The summed E-state index contributed by atoms with van der Waals surface area (Å²) >= 11 is 0. The first kappa shape index (κ1) is 52.4. The van der Waals surface area contributed by atoms with Crippen LogP contribution in [0.2, 0.25) is 0 Å². The molecule has 0 aromatic heterocycles. The van der Waals surface area contributed by atoms with Crippen LogP contribution in [-0.2, 0) is 28.6 Å². The molecule has 1 atom stereocenters. The van der Waals surface area contributed by atoms with Crippen LogP contribution in [0.3, 0.4) is 0 Å². The summed E-state index contributed by atoms with van der Waals surface area (Å²) in [6, 6.07) is 0. The molecule has 0 aliphatic carbocycles. The number of carbonyl (C=O) groups excluding carboxylic acids is 3. The van der Waals surface area contributed by atoms with Gasteiger partial charge in [0.25, 0.3) is 0 Å². The summed E-state index contributed by atoms with van der Waals surface area (Å²) < 4.78 is 16.6. The third-order valence-corrected chi connectivity index (χ3v) is 10.8. The third kappa shape index (κ3) is 41.6. The predicted octanol–water partition coefficient (Wildman–Crippen LogP) is 15.1. The monoisotopic (exact) mass is 765 g/mol. The number of hydrogen-bond donors (Lipinski definition) is 0. The van der Waals surface area contributed by atoms with Crippen molar-refractivity contribution in [1.82, 2.24) is 0 Å². The Morgan fingerprint density at radius 2 is 0.611 bits per heavy atom. The van der Waals surface area contributed by atoms with E-state index in [4.69, 9.17) is 14.2 Å². The van der Waals surface area contributed by atoms with E-state index in [1.807, 2.05) is 0 Å². The number of unbranched alkanes of at least 4 members (excludes halogenated alkanes) is 30. The summed E-state index contributed by atoms with van der Waals surface area (Å²) in [4.78, 5) is 37.5. The molecule has 0 amide bonds. The minimum Gasteiger partial charge on any atom is -0.462 e. The van der Waals surface area contributed by atoms with Crippen molar-refractivity contribution in [3.05, 3.63) is 0 Å². The third-order valence-electron chi connectivity index (χ3n) is 10.8. The van der Waals surface area contributed by atoms with Gasteiger partial charge in [0.05, 0.1) is 0 Å². The van der Waals surface area contributed by atoms with Crippen molar-refractivity contribution >= 4 is 17.9 Å². The van der Waals surface area contributed by atoms with Gasteiger partial charge in [0.1, 0.15) is 13.2 Å². The van der Waals surface area contributed by atoms with E-state index in [1.54, 1.807) is 0 Å². The maximum absolute atomic E-state index is 12.7. The first-order chi connectivity index (χ1) is 26.4. The van der Waals surface area contributed by atoms with Crippen LogP contribution < -0.4 is 0 Å². The summed E-state index contributed by atoms with van der Waals surface area (Å²) in [5, 5.41) is 0.